The van der Waals surface area contributed by atoms with Crippen LogP contribution in [-0.2, 0) is 6.54 Å². The number of likely N-dealkylation sites (N-methyl/N-ethyl adjacent to an activating group) is 1. The van der Waals surface area contributed by atoms with Gasteiger partial charge in [-0.1, -0.05) is 17.8 Å². The van der Waals surface area contributed by atoms with Gasteiger partial charge in [0.05, 0.1) is 16.2 Å². The molecule has 6 nitrogen and oxygen atoms in total. The van der Waals surface area contributed by atoms with Crippen molar-refractivity contribution in [3.8, 4) is 0 Å². The number of halogens is 1. The zero-order chi connectivity index (χ0) is 18.8. The molecule has 3 rings (SSSR count). The van der Waals surface area contributed by atoms with E-state index in [1.807, 2.05) is 20.9 Å². The Hall–Kier alpha value is -2.45. The average Bonchev–Trinajstić information content (AvgIpc) is 3.17. The molecule has 136 valence electrons. The van der Waals surface area contributed by atoms with E-state index in [0.717, 1.165) is 27.3 Å². The fourth-order valence-electron chi connectivity index (χ4n) is 2.78. The third-order valence-corrected chi connectivity index (χ3v) is 5.54. The van der Waals surface area contributed by atoms with E-state index in [4.69, 9.17) is 5.41 Å². The van der Waals surface area contributed by atoms with Crippen LogP contribution in [-0.4, -0.2) is 34.6 Å². The average molecular weight is 373 g/mol. The molecule has 1 unspecified atom stereocenters. The maximum absolute atomic E-state index is 13.4. The highest BCUT2D eigenvalue weighted by Gasteiger charge is 2.30. The minimum absolute atomic E-state index is 0.0367. The van der Waals surface area contributed by atoms with Gasteiger partial charge in [-0.25, -0.2) is 4.39 Å². The standard InChI is InChI=1S/C18H20FN5OS/c1-9(10(2)21-3)14-15-16(26-17(14)20)18(24-23-15)22-7-11-4-5-13(19)12(6-11)8-25/h4-6,8,10,20-21H,7H2,1-3H3,(H2,22,23,24)/b14-9-,20-17?. The zero-order valence-corrected chi connectivity index (χ0v) is 15.6. The summed E-state index contributed by atoms with van der Waals surface area (Å²) >= 11 is 1.36. The van der Waals surface area contributed by atoms with Gasteiger partial charge in [0, 0.05) is 18.2 Å². The minimum atomic E-state index is -0.530. The highest BCUT2D eigenvalue weighted by Crippen LogP contribution is 2.45. The molecule has 0 aliphatic carbocycles. The van der Waals surface area contributed by atoms with E-state index >= 15 is 0 Å². The summed E-state index contributed by atoms with van der Waals surface area (Å²) < 4.78 is 13.4. The first-order chi connectivity index (χ1) is 12.5. The summed E-state index contributed by atoms with van der Waals surface area (Å²) in [4.78, 5) is 11.7. The van der Waals surface area contributed by atoms with Gasteiger partial charge in [0.15, 0.2) is 12.1 Å². The second kappa shape index (κ2) is 7.43. The van der Waals surface area contributed by atoms with Crippen molar-refractivity contribution in [1.82, 2.24) is 15.5 Å². The number of benzene rings is 1. The van der Waals surface area contributed by atoms with Crippen molar-refractivity contribution in [2.45, 2.75) is 31.3 Å². The summed E-state index contributed by atoms with van der Waals surface area (Å²) in [6, 6.07) is 4.57. The first-order valence-electron chi connectivity index (χ1n) is 8.17. The van der Waals surface area contributed by atoms with E-state index in [0.29, 0.717) is 23.7 Å². The number of H-pyrrole nitrogens is 1. The van der Waals surface area contributed by atoms with Crippen LogP contribution in [0.4, 0.5) is 10.2 Å². The molecule has 26 heavy (non-hydrogen) atoms. The lowest BCUT2D eigenvalue weighted by molar-refractivity contribution is 0.111. The summed E-state index contributed by atoms with van der Waals surface area (Å²) in [5.74, 6) is 0.115. The van der Waals surface area contributed by atoms with E-state index in [9.17, 15) is 9.18 Å². The molecule has 0 saturated heterocycles. The number of nitrogens with zero attached hydrogens (tertiary/aromatic N) is 1. The second-order valence-electron chi connectivity index (χ2n) is 6.10. The molecular weight excluding hydrogens is 353 g/mol. The number of aromatic nitrogens is 2. The number of anilines is 1. The number of aromatic amines is 1. The Kier molecular flexibility index (Phi) is 5.24. The smallest absolute Gasteiger partial charge is 0.162 e. The van der Waals surface area contributed by atoms with Crippen LogP contribution in [0.3, 0.4) is 0 Å². The van der Waals surface area contributed by atoms with Crippen LogP contribution in [0.15, 0.2) is 28.7 Å². The highest BCUT2D eigenvalue weighted by atomic mass is 32.2. The number of thioether (sulfide) groups is 1. The molecule has 0 fully saturated rings. The van der Waals surface area contributed by atoms with E-state index in [1.165, 1.54) is 23.9 Å². The van der Waals surface area contributed by atoms with Gasteiger partial charge < -0.3 is 10.6 Å². The van der Waals surface area contributed by atoms with Crippen LogP contribution in [0.2, 0.25) is 0 Å². The Morgan fingerprint density at radius 1 is 1.50 bits per heavy atom. The Labute approximate surface area is 155 Å². The van der Waals surface area contributed by atoms with Gasteiger partial charge in [-0.05, 0) is 44.2 Å². The summed E-state index contributed by atoms with van der Waals surface area (Å²) in [5, 5.41) is 22.5. The van der Waals surface area contributed by atoms with Gasteiger partial charge >= 0.3 is 0 Å². The van der Waals surface area contributed by atoms with Crippen molar-refractivity contribution < 1.29 is 9.18 Å². The largest absolute Gasteiger partial charge is 0.364 e. The Morgan fingerprint density at radius 3 is 2.96 bits per heavy atom. The van der Waals surface area contributed by atoms with Crippen LogP contribution in [0, 0.1) is 11.2 Å². The Morgan fingerprint density at radius 2 is 2.27 bits per heavy atom. The molecule has 1 atom stereocenters. The normalized spacial score (nSPS) is 16.4. The van der Waals surface area contributed by atoms with Crippen LogP contribution in [0.25, 0.3) is 5.57 Å². The van der Waals surface area contributed by atoms with Crippen molar-refractivity contribution in [2.24, 2.45) is 0 Å². The van der Waals surface area contributed by atoms with Crippen molar-refractivity contribution in [1.29, 1.82) is 5.41 Å². The maximum Gasteiger partial charge on any atom is 0.162 e. The van der Waals surface area contributed by atoms with Crippen molar-refractivity contribution in [3.05, 3.63) is 46.4 Å². The molecular formula is C18H20FN5OS. The van der Waals surface area contributed by atoms with E-state index in [-0.39, 0.29) is 11.6 Å². The number of carbonyl (C=O) groups is 1. The Bertz CT molecular complexity index is 905. The van der Waals surface area contributed by atoms with Crippen LogP contribution < -0.4 is 10.6 Å². The molecule has 0 bridgehead atoms. The first-order valence-corrected chi connectivity index (χ1v) is 8.99. The lowest BCUT2D eigenvalue weighted by Gasteiger charge is -2.13. The minimum Gasteiger partial charge on any atom is -0.364 e. The Balaban J connectivity index is 1.83. The molecule has 2 heterocycles. The molecule has 0 spiro atoms. The highest BCUT2D eigenvalue weighted by molar-refractivity contribution is 8.15. The monoisotopic (exact) mass is 373 g/mol. The van der Waals surface area contributed by atoms with Gasteiger partial charge in [0.25, 0.3) is 0 Å². The molecule has 1 aliphatic rings. The number of carbonyl (C=O) groups excluding carboxylic acids is 1. The van der Waals surface area contributed by atoms with Crippen LogP contribution in [0.5, 0.6) is 0 Å². The molecule has 1 aliphatic heterocycles. The predicted molar refractivity (Wildman–Crippen MR) is 102 cm³/mol. The topological polar surface area (TPSA) is 93.7 Å². The number of hydrogen-bond donors (Lipinski definition) is 4. The molecule has 2 aromatic rings. The van der Waals surface area contributed by atoms with Gasteiger partial charge in [-0.2, -0.15) is 5.10 Å². The third-order valence-electron chi connectivity index (χ3n) is 4.53. The number of hydrogen-bond acceptors (Lipinski definition) is 6. The maximum atomic E-state index is 13.4. The van der Waals surface area contributed by atoms with Crippen molar-refractivity contribution >= 4 is 34.5 Å². The number of aldehydes is 1. The summed E-state index contributed by atoms with van der Waals surface area (Å²) in [5.41, 5.74) is 3.61. The lowest BCUT2D eigenvalue weighted by Crippen LogP contribution is -2.23. The van der Waals surface area contributed by atoms with Gasteiger partial charge in [0.1, 0.15) is 10.9 Å². The fraction of sp³-hybridized carbons (Fsp3) is 0.278. The van der Waals surface area contributed by atoms with Crippen LogP contribution >= 0.6 is 11.8 Å². The molecule has 0 saturated carbocycles. The third kappa shape index (κ3) is 3.30. The van der Waals surface area contributed by atoms with Gasteiger partial charge in [0.2, 0.25) is 0 Å². The number of nitrogens with one attached hydrogen (secondary N) is 4. The number of fused-ring (bicyclic) bond motifs is 1. The molecule has 1 aromatic heterocycles. The fourth-order valence-corrected chi connectivity index (χ4v) is 3.81. The zero-order valence-electron chi connectivity index (χ0n) is 14.7. The predicted octanol–water partition coefficient (Wildman–Crippen LogP) is 3.44. The summed E-state index contributed by atoms with van der Waals surface area (Å²) in [7, 11) is 1.89. The van der Waals surface area contributed by atoms with Crippen LogP contribution in [0.1, 0.15) is 35.5 Å². The van der Waals surface area contributed by atoms with Crippen molar-refractivity contribution in [2.75, 3.05) is 12.4 Å². The number of rotatable bonds is 6. The molecule has 1 aromatic carbocycles. The lowest BCUT2D eigenvalue weighted by atomic mass is 10.0. The van der Waals surface area contributed by atoms with E-state index in [2.05, 4.69) is 20.8 Å². The molecule has 4 N–H and O–H groups in total. The molecule has 8 heteroatoms. The second-order valence-corrected chi connectivity index (χ2v) is 7.12. The summed E-state index contributed by atoms with van der Waals surface area (Å²) in [6.45, 7) is 4.46. The van der Waals surface area contributed by atoms with E-state index < -0.39 is 5.82 Å². The quantitative estimate of drug-likeness (QED) is 0.582. The molecule has 0 amide bonds. The first kappa shape index (κ1) is 18.3. The molecule has 0 radical (unpaired) electrons. The SMILES string of the molecule is CNC(C)/C(C)=C1\C(=N)Sc2c(NCc3ccc(F)c(C=O)c3)n[nH]c21. The van der Waals surface area contributed by atoms with Gasteiger partial charge in [-0.15, -0.1) is 0 Å². The summed E-state index contributed by atoms with van der Waals surface area (Å²) in [6.07, 6.45) is 0.505. The van der Waals surface area contributed by atoms with Gasteiger partial charge in [-0.3, -0.25) is 15.3 Å². The van der Waals surface area contributed by atoms with Crippen molar-refractivity contribution in [3.63, 3.8) is 0 Å². The van der Waals surface area contributed by atoms with E-state index in [1.54, 1.807) is 6.07 Å².